The van der Waals surface area contributed by atoms with Crippen LogP contribution in [0, 0.1) is 0 Å². The topological polar surface area (TPSA) is 46.2 Å². The summed E-state index contributed by atoms with van der Waals surface area (Å²) in [5, 5.41) is 0.971. The predicted octanol–water partition coefficient (Wildman–Crippen LogP) is 3.23. The predicted molar refractivity (Wildman–Crippen MR) is 70.6 cm³/mol. The first-order valence-corrected chi connectivity index (χ1v) is 8.49. The standard InChI is InChI=1S/C7H8Br2ClNO2S2/c1-4(3-8)11-15(12,13)6-2-5(10)7(9)14-6/h2,4,11H,3H2,1H3. The van der Waals surface area contributed by atoms with Crippen molar-refractivity contribution < 1.29 is 8.42 Å². The third-order valence-corrected chi connectivity index (χ3v) is 6.98. The fourth-order valence-electron chi connectivity index (χ4n) is 0.814. The third-order valence-electron chi connectivity index (χ3n) is 1.48. The van der Waals surface area contributed by atoms with Gasteiger partial charge in [-0.05, 0) is 28.9 Å². The molecule has 0 fully saturated rings. The van der Waals surface area contributed by atoms with Crippen LogP contribution in [-0.4, -0.2) is 19.8 Å². The van der Waals surface area contributed by atoms with E-state index in [0.717, 1.165) is 11.3 Å². The second-order valence-corrected chi connectivity index (χ2v) is 8.23. The molecule has 0 aliphatic heterocycles. The molecule has 1 rings (SSSR count). The zero-order valence-corrected chi connectivity index (χ0v) is 13.2. The molecule has 0 spiro atoms. The van der Waals surface area contributed by atoms with Gasteiger partial charge in [-0.3, -0.25) is 0 Å². The number of halogens is 3. The fraction of sp³-hybridized carbons (Fsp3) is 0.429. The van der Waals surface area contributed by atoms with Crippen molar-refractivity contribution in [2.75, 3.05) is 5.33 Å². The molecule has 0 aliphatic rings. The van der Waals surface area contributed by atoms with Gasteiger partial charge in [-0.25, -0.2) is 13.1 Å². The average Bonchev–Trinajstić information content (AvgIpc) is 2.47. The van der Waals surface area contributed by atoms with Gasteiger partial charge in [0.15, 0.2) is 0 Å². The number of sulfonamides is 1. The molecule has 1 aromatic rings. The van der Waals surface area contributed by atoms with Crippen molar-refractivity contribution in [2.45, 2.75) is 17.2 Å². The Balaban J connectivity index is 2.96. The molecule has 1 aromatic heterocycles. The Morgan fingerprint density at radius 1 is 1.67 bits per heavy atom. The van der Waals surface area contributed by atoms with Crippen LogP contribution in [0.25, 0.3) is 0 Å². The van der Waals surface area contributed by atoms with Gasteiger partial charge in [-0.1, -0.05) is 27.5 Å². The second-order valence-electron chi connectivity index (χ2n) is 2.86. The van der Waals surface area contributed by atoms with E-state index in [1.807, 2.05) is 0 Å². The first kappa shape index (κ1) is 13.9. The van der Waals surface area contributed by atoms with Crippen LogP contribution in [-0.2, 0) is 10.0 Å². The number of nitrogens with one attached hydrogen (secondary N) is 1. The minimum Gasteiger partial charge on any atom is -0.207 e. The van der Waals surface area contributed by atoms with Crippen LogP contribution >= 0.6 is 54.8 Å². The molecular formula is C7H8Br2ClNO2S2. The van der Waals surface area contributed by atoms with Crippen molar-refractivity contribution in [3.05, 3.63) is 14.9 Å². The van der Waals surface area contributed by atoms with Crippen LogP contribution in [0.15, 0.2) is 14.1 Å². The lowest BCUT2D eigenvalue weighted by Gasteiger charge is -2.09. The molecule has 3 nitrogen and oxygen atoms in total. The quantitative estimate of drug-likeness (QED) is 0.793. The van der Waals surface area contributed by atoms with Gasteiger partial charge in [-0.15, -0.1) is 11.3 Å². The van der Waals surface area contributed by atoms with Crippen LogP contribution < -0.4 is 4.72 Å². The fourth-order valence-corrected chi connectivity index (χ4v) is 4.85. The first-order valence-electron chi connectivity index (χ1n) is 3.90. The summed E-state index contributed by atoms with van der Waals surface area (Å²) in [7, 11) is -3.45. The Morgan fingerprint density at radius 2 is 2.27 bits per heavy atom. The van der Waals surface area contributed by atoms with Crippen LogP contribution in [0.3, 0.4) is 0 Å². The minimum absolute atomic E-state index is 0.158. The van der Waals surface area contributed by atoms with E-state index >= 15 is 0 Å². The van der Waals surface area contributed by atoms with E-state index in [2.05, 4.69) is 36.6 Å². The number of alkyl halides is 1. The van der Waals surface area contributed by atoms with Crippen molar-refractivity contribution in [1.82, 2.24) is 4.72 Å². The van der Waals surface area contributed by atoms with Crippen molar-refractivity contribution in [1.29, 1.82) is 0 Å². The maximum atomic E-state index is 11.8. The van der Waals surface area contributed by atoms with Gasteiger partial charge in [0.2, 0.25) is 10.0 Å². The lowest BCUT2D eigenvalue weighted by molar-refractivity contribution is 0.573. The summed E-state index contributed by atoms with van der Waals surface area (Å²) in [5.74, 6) is 0. The monoisotopic (exact) mass is 395 g/mol. The molecule has 1 heterocycles. The van der Waals surface area contributed by atoms with E-state index in [0.29, 0.717) is 14.1 Å². The molecule has 0 saturated heterocycles. The SMILES string of the molecule is CC(CBr)NS(=O)(=O)c1cc(Cl)c(Br)s1. The van der Waals surface area contributed by atoms with Crippen LogP contribution in [0.2, 0.25) is 5.02 Å². The van der Waals surface area contributed by atoms with Gasteiger partial charge in [-0.2, -0.15) is 0 Å². The molecule has 86 valence electrons. The van der Waals surface area contributed by atoms with Crippen LogP contribution in [0.5, 0.6) is 0 Å². The van der Waals surface area contributed by atoms with E-state index < -0.39 is 10.0 Å². The molecule has 1 unspecified atom stereocenters. The van der Waals surface area contributed by atoms with Gasteiger partial charge in [0.05, 0.1) is 8.81 Å². The Bertz CT molecular complexity index is 426. The van der Waals surface area contributed by atoms with Crippen molar-refractivity contribution >= 4 is 64.8 Å². The lowest BCUT2D eigenvalue weighted by atomic mass is 10.4. The third kappa shape index (κ3) is 3.67. The van der Waals surface area contributed by atoms with E-state index in [1.54, 1.807) is 6.92 Å². The van der Waals surface area contributed by atoms with Crippen LogP contribution in [0.4, 0.5) is 0 Å². The molecule has 15 heavy (non-hydrogen) atoms. The molecule has 0 radical (unpaired) electrons. The summed E-state index contributed by atoms with van der Waals surface area (Å²) in [6.07, 6.45) is 0. The Morgan fingerprint density at radius 3 is 2.67 bits per heavy atom. The summed E-state index contributed by atoms with van der Waals surface area (Å²) in [6, 6.07) is 1.27. The number of hydrogen-bond donors (Lipinski definition) is 1. The second kappa shape index (κ2) is 5.46. The van der Waals surface area contributed by atoms with E-state index in [9.17, 15) is 8.42 Å². The maximum absolute atomic E-state index is 11.8. The summed E-state index contributed by atoms with van der Waals surface area (Å²) < 4.78 is 26.9. The summed E-state index contributed by atoms with van der Waals surface area (Å²) in [6.45, 7) is 1.77. The highest BCUT2D eigenvalue weighted by molar-refractivity contribution is 9.11. The molecular weight excluding hydrogens is 389 g/mol. The largest absolute Gasteiger partial charge is 0.250 e. The molecule has 1 atom stereocenters. The summed E-state index contributed by atoms with van der Waals surface area (Å²) >= 11 is 13.2. The van der Waals surface area contributed by atoms with Gasteiger partial charge in [0.25, 0.3) is 0 Å². The van der Waals surface area contributed by atoms with Gasteiger partial charge < -0.3 is 0 Å². The zero-order valence-electron chi connectivity index (χ0n) is 7.63. The zero-order chi connectivity index (χ0) is 11.6. The van der Waals surface area contributed by atoms with E-state index in [-0.39, 0.29) is 10.3 Å². The molecule has 0 bridgehead atoms. The summed E-state index contributed by atoms with van der Waals surface area (Å²) in [4.78, 5) is 0. The van der Waals surface area contributed by atoms with Crippen molar-refractivity contribution in [2.24, 2.45) is 0 Å². The normalized spacial score (nSPS) is 14.1. The van der Waals surface area contributed by atoms with Crippen molar-refractivity contribution in [3.63, 3.8) is 0 Å². The Hall–Kier alpha value is 0.860. The number of hydrogen-bond acceptors (Lipinski definition) is 3. The van der Waals surface area contributed by atoms with Gasteiger partial charge in [0.1, 0.15) is 4.21 Å². The highest BCUT2D eigenvalue weighted by Crippen LogP contribution is 2.34. The maximum Gasteiger partial charge on any atom is 0.250 e. The lowest BCUT2D eigenvalue weighted by Crippen LogP contribution is -2.33. The van der Waals surface area contributed by atoms with Gasteiger partial charge >= 0.3 is 0 Å². The van der Waals surface area contributed by atoms with Gasteiger partial charge in [0, 0.05) is 11.4 Å². The Kier molecular flexibility index (Phi) is 5.07. The highest BCUT2D eigenvalue weighted by Gasteiger charge is 2.20. The van der Waals surface area contributed by atoms with Crippen LogP contribution in [0.1, 0.15) is 6.92 Å². The average molecular weight is 398 g/mol. The number of thiophene rings is 1. The summed E-state index contributed by atoms with van der Waals surface area (Å²) in [5.41, 5.74) is 0. The highest BCUT2D eigenvalue weighted by atomic mass is 79.9. The first-order chi connectivity index (χ1) is 6.86. The molecule has 1 N–H and O–H groups in total. The molecule has 0 amide bonds. The van der Waals surface area contributed by atoms with E-state index in [4.69, 9.17) is 11.6 Å². The minimum atomic E-state index is -3.45. The smallest absolute Gasteiger partial charge is 0.207 e. The van der Waals surface area contributed by atoms with E-state index in [1.165, 1.54) is 6.07 Å². The Labute approximate surface area is 115 Å². The molecule has 0 aliphatic carbocycles. The molecule has 0 aromatic carbocycles. The van der Waals surface area contributed by atoms with Crippen molar-refractivity contribution in [3.8, 4) is 0 Å². The molecule has 8 heteroatoms. The molecule has 0 saturated carbocycles. The number of rotatable bonds is 4.